The van der Waals surface area contributed by atoms with Crippen molar-refractivity contribution in [3.63, 3.8) is 0 Å². The van der Waals surface area contributed by atoms with Crippen LogP contribution in [0.5, 0.6) is 0 Å². The summed E-state index contributed by atoms with van der Waals surface area (Å²) in [5, 5.41) is 3.96. The third-order valence-electron chi connectivity index (χ3n) is 4.11. The number of hydrogen-bond donors (Lipinski definition) is 1. The highest BCUT2D eigenvalue weighted by Gasteiger charge is 2.25. The van der Waals surface area contributed by atoms with E-state index in [0.29, 0.717) is 5.75 Å². The predicted molar refractivity (Wildman–Crippen MR) is 96.7 cm³/mol. The van der Waals surface area contributed by atoms with Gasteiger partial charge in [0.2, 0.25) is 11.8 Å². The fraction of sp³-hybridized carbons (Fsp3) is 0.333. The summed E-state index contributed by atoms with van der Waals surface area (Å²) in [6.07, 6.45) is 2.84. The van der Waals surface area contributed by atoms with Crippen molar-refractivity contribution in [2.24, 2.45) is 0 Å². The molecule has 0 fully saturated rings. The number of anilines is 1. The van der Waals surface area contributed by atoms with Gasteiger partial charge in [-0.1, -0.05) is 30.8 Å². The summed E-state index contributed by atoms with van der Waals surface area (Å²) in [4.78, 5) is 26.6. The molecule has 1 aromatic carbocycles. The molecule has 1 N–H and O–H groups in total. The molecule has 126 valence electrons. The first kappa shape index (κ1) is 16.6. The van der Waals surface area contributed by atoms with Crippen LogP contribution in [0, 0.1) is 0 Å². The number of fused-ring (bicyclic) bond motifs is 3. The lowest BCUT2D eigenvalue weighted by Crippen LogP contribution is -2.44. The number of rotatable bonds is 4. The van der Waals surface area contributed by atoms with Crippen molar-refractivity contribution in [3.8, 4) is 5.69 Å². The van der Waals surface area contributed by atoms with Crippen molar-refractivity contribution >= 4 is 29.3 Å². The normalized spacial score (nSPS) is 15.1. The van der Waals surface area contributed by atoms with E-state index in [-0.39, 0.29) is 24.4 Å². The van der Waals surface area contributed by atoms with Crippen molar-refractivity contribution < 1.29 is 9.59 Å². The van der Waals surface area contributed by atoms with E-state index < -0.39 is 0 Å². The largest absolute Gasteiger partial charge is 0.352 e. The van der Waals surface area contributed by atoms with Crippen LogP contribution in [0.4, 0.5) is 5.69 Å². The standard InChI is InChI=1S/C18H21N3O2S/c1-3-13(2)19-16(22)11-21-15-8-5-4-7-14(15)20-10-6-9-18(20)24-12-17(21)23/h4-10,13H,3,11-12H2,1-2H3,(H,19,22)/t13-/m1/s1. The van der Waals surface area contributed by atoms with Gasteiger partial charge in [-0.2, -0.15) is 0 Å². The van der Waals surface area contributed by atoms with Crippen molar-refractivity contribution in [2.45, 2.75) is 31.3 Å². The summed E-state index contributed by atoms with van der Waals surface area (Å²) in [6, 6.07) is 11.8. The zero-order valence-electron chi connectivity index (χ0n) is 13.9. The molecule has 2 aromatic rings. The van der Waals surface area contributed by atoms with E-state index in [4.69, 9.17) is 0 Å². The highest BCUT2D eigenvalue weighted by atomic mass is 32.2. The summed E-state index contributed by atoms with van der Waals surface area (Å²) in [5.41, 5.74) is 1.67. The highest BCUT2D eigenvalue weighted by Crippen LogP contribution is 2.32. The predicted octanol–water partition coefficient (Wildman–Crippen LogP) is 2.83. The van der Waals surface area contributed by atoms with Gasteiger partial charge >= 0.3 is 0 Å². The Morgan fingerprint density at radius 3 is 2.75 bits per heavy atom. The van der Waals surface area contributed by atoms with E-state index in [1.54, 1.807) is 4.90 Å². The average Bonchev–Trinajstić information content (AvgIpc) is 3.04. The number of hydrogen-bond acceptors (Lipinski definition) is 3. The topological polar surface area (TPSA) is 54.3 Å². The van der Waals surface area contributed by atoms with Crippen LogP contribution in [0.3, 0.4) is 0 Å². The van der Waals surface area contributed by atoms with Gasteiger partial charge in [-0.15, -0.1) is 0 Å². The van der Waals surface area contributed by atoms with Crippen molar-refractivity contribution in [1.82, 2.24) is 9.88 Å². The summed E-state index contributed by atoms with van der Waals surface area (Å²) in [7, 11) is 0. The number of nitrogens with one attached hydrogen (secondary N) is 1. The fourth-order valence-corrected chi connectivity index (χ4v) is 3.57. The van der Waals surface area contributed by atoms with Gasteiger partial charge in [0.05, 0.1) is 22.2 Å². The van der Waals surface area contributed by atoms with Gasteiger partial charge < -0.3 is 14.8 Å². The van der Waals surface area contributed by atoms with Gasteiger partial charge in [-0.3, -0.25) is 9.59 Å². The molecule has 1 atom stereocenters. The van der Waals surface area contributed by atoms with Gasteiger partial charge in [0.25, 0.3) is 0 Å². The second-order valence-electron chi connectivity index (χ2n) is 5.85. The minimum Gasteiger partial charge on any atom is -0.352 e. The Morgan fingerprint density at radius 1 is 1.25 bits per heavy atom. The third kappa shape index (κ3) is 3.33. The first-order valence-electron chi connectivity index (χ1n) is 8.09. The second-order valence-corrected chi connectivity index (χ2v) is 6.85. The number of thioether (sulfide) groups is 1. The average molecular weight is 343 g/mol. The van der Waals surface area contributed by atoms with E-state index in [0.717, 1.165) is 22.8 Å². The SMILES string of the molecule is CC[C@@H](C)NC(=O)CN1C(=O)CSc2cccn2-c2ccccc21. The zero-order chi connectivity index (χ0) is 17.1. The molecule has 6 heteroatoms. The van der Waals surface area contributed by atoms with E-state index in [1.807, 2.05) is 56.4 Å². The molecule has 0 radical (unpaired) electrons. The molecule has 0 spiro atoms. The number of carbonyl (C=O) groups excluding carboxylic acids is 2. The van der Waals surface area contributed by atoms with Crippen LogP contribution >= 0.6 is 11.8 Å². The minimum atomic E-state index is -0.134. The molecule has 0 bridgehead atoms. The first-order chi connectivity index (χ1) is 11.6. The molecular formula is C18H21N3O2S. The Balaban J connectivity index is 1.95. The lowest BCUT2D eigenvalue weighted by molar-refractivity contribution is -0.123. The Hall–Kier alpha value is -2.21. The number of benzene rings is 1. The number of carbonyl (C=O) groups is 2. The van der Waals surface area contributed by atoms with E-state index in [1.165, 1.54) is 11.8 Å². The second kappa shape index (κ2) is 7.13. The number of para-hydroxylation sites is 2. The highest BCUT2D eigenvalue weighted by molar-refractivity contribution is 7.99. The Morgan fingerprint density at radius 2 is 2.00 bits per heavy atom. The van der Waals surface area contributed by atoms with Gasteiger partial charge in [0.15, 0.2) is 0 Å². The fourth-order valence-electron chi connectivity index (χ4n) is 2.67. The molecule has 0 unspecified atom stereocenters. The van der Waals surface area contributed by atoms with Crippen LogP contribution in [0.15, 0.2) is 47.6 Å². The molecule has 0 saturated carbocycles. The zero-order valence-corrected chi connectivity index (χ0v) is 14.7. The lowest BCUT2D eigenvalue weighted by atomic mass is 10.2. The van der Waals surface area contributed by atoms with Crippen molar-refractivity contribution in [3.05, 3.63) is 42.6 Å². The smallest absolute Gasteiger partial charge is 0.240 e. The maximum Gasteiger partial charge on any atom is 0.240 e. The molecule has 2 amide bonds. The van der Waals surface area contributed by atoms with Gasteiger partial charge in [0.1, 0.15) is 6.54 Å². The molecule has 3 rings (SSSR count). The molecule has 0 aliphatic carbocycles. The van der Waals surface area contributed by atoms with Crippen LogP contribution in [-0.4, -0.2) is 34.7 Å². The Bertz CT molecular complexity index is 756. The van der Waals surface area contributed by atoms with Crippen LogP contribution in [0.1, 0.15) is 20.3 Å². The van der Waals surface area contributed by atoms with Gasteiger partial charge in [-0.05, 0) is 37.6 Å². The van der Waals surface area contributed by atoms with E-state index >= 15 is 0 Å². The summed E-state index contributed by atoms with van der Waals surface area (Å²) >= 11 is 1.49. The van der Waals surface area contributed by atoms with E-state index in [2.05, 4.69) is 9.88 Å². The Labute approximate surface area is 146 Å². The summed E-state index contributed by atoms with van der Waals surface area (Å²) < 4.78 is 2.06. The number of aromatic nitrogens is 1. The van der Waals surface area contributed by atoms with Crippen molar-refractivity contribution in [2.75, 3.05) is 17.2 Å². The Kier molecular flexibility index (Phi) is 4.94. The maximum absolute atomic E-state index is 12.7. The molecule has 1 aliphatic heterocycles. The van der Waals surface area contributed by atoms with Crippen LogP contribution < -0.4 is 10.2 Å². The summed E-state index contributed by atoms with van der Waals surface area (Å²) in [5.74, 6) is 0.125. The van der Waals surface area contributed by atoms with Gasteiger partial charge in [0, 0.05) is 12.2 Å². The van der Waals surface area contributed by atoms with Gasteiger partial charge in [-0.25, -0.2) is 0 Å². The first-order valence-corrected chi connectivity index (χ1v) is 9.08. The van der Waals surface area contributed by atoms with Crippen molar-refractivity contribution in [1.29, 1.82) is 0 Å². The van der Waals surface area contributed by atoms with Crippen LogP contribution in [-0.2, 0) is 9.59 Å². The third-order valence-corrected chi connectivity index (χ3v) is 5.13. The molecule has 1 aliphatic rings. The number of nitrogens with zero attached hydrogens (tertiary/aromatic N) is 2. The molecule has 0 saturated heterocycles. The molecule has 1 aromatic heterocycles. The van der Waals surface area contributed by atoms with Crippen LogP contribution in [0.2, 0.25) is 0 Å². The summed E-state index contributed by atoms with van der Waals surface area (Å²) in [6.45, 7) is 4.02. The molecule has 5 nitrogen and oxygen atoms in total. The number of amides is 2. The molecule has 2 heterocycles. The molecule has 24 heavy (non-hydrogen) atoms. The lowest BCUT2D eigenvalue weighted by Gasteiger charge is -2.28. The maximum atomic E-state index is 12.7. The van der Waals surface area contributed by atoms with Crippen LogP contribution in [0.25, 0.3) is 5.69 Å². The minimum absolute atomic E-state index is 0.0390. The molecular weight excluding hydrogens is 322 g/mol. The van der Waals surface area contributed by atoms with E-state index in [9.17, 15) is 9.59 Å². The quantitative estimate of drug-likeness (QED) is 0.929. The monoisotopic (exact) mass is 343 g/mol.